The van der Waals surface area contributed by atoms with Gasteiger partial charge in [-0.2, -0.15) is 0 Å². The Kier molecular flexibility index (Phi) is 5.62. The predicted molar refractivity (Wildman–Crippen MR) is 87.3 cm³/mol. The van der Waals surface area contributed by atoms with Crippen LogP contribution in [0.1, 0.15) is 16.7 Å². The molecule has 0 aromatic heterocycles. The van der Waals surface area contributed by atoms with Crippen molar-refractivity contribution in [2.45, 2.75) is 19.8 Å². The van der Waals surface area contributed by atoms with Crippen LogP contribution in [0.4, 0.5) is 4.39 Å². The van der Waals surface area contributed by atoms with E-state index in [0.29, 0.717) is 17.9 Å². The third-order valence-electron chi connectivity index (χ3n) is 3.37. The van der Waals surface area contributed by atoms with Crippen LogP contribution >= 0.6 is 27.5 Å². The Bertz CT molecular complexity index is 583. The molecule has 0 N–H and O–H groups in total. The lowest BCUT2D eigenvalue weighted by Gasteiger charge is -2.15. The first-order chi connectivity index (χ1) is 9.60. The molecule has 0 saturated heterocycles. The number of hydrogen-bond acceptors (Lipinski definition) is 0. The molecule has 2 aromatic rings. The maximum Gasteiger partial charge on any atom is 0.144 e. The van der Waals surface area contributed by atoms with E-state index in [9.17, 15) is 4.39 Å². The summed E-state index contributed by atoms with van der Waals surface area (Å²) in [7, 11) is 0. The Balaban J connectivity index is 2.11. The third-order valence-corrected chi connectivity index (χ3v) is 4.57. The minimum absolute atomic E-state index is 0.200. The van der Waals surface area contributed by atoms with Crippen molar-refractivity contribution in [2.24, 2.45) is 5.92 Å². The molecule has 0 bridgehead atoms. The van der Waals surface area contributed by atoms with Crippen LogP contribution in [-0.4, -0.2) is 5.33 Å². The highest BCUT2D eigenvalue weighted by Gasteiger charge is 2.14. The standard InChI is InChI=1S/C17H17BrClF/c1-12-4-2-5-13(8-12)9-14(11-18)10-15-6-3-7-16(19)17(15)20/h2-8,14H,9-11H2,1H3. The zero-order valence-corrected chi connectivity index (χ0v) is 13.7. The second kappa shape index (κ2) is 7.24. The van der Waals surface area contributed by atoms with Gasteiger partial charge in [0, 0.05) is 5.33 Å². The molecule has 0 amide bonds. The Labute approximate surface area is 133 Å². The van der Waals surface area contributed by atoms with E-state index < -0.39 is 0 Å². The molecule has 0 aliphatic heterocycles. The number of benzene rings is 2. The summed E-state index contributed by atoms with van der Waals surface area (Å²) in [4.78, 5) is 0. The molecule has 0 radical (unpaired) electrons. The fraction of sp³-hybridized carbons (Fsp3) is 0.294. The molecule has 0 aliphatic rings. The van der Waals surface area contributed by atoms with Gasteiger partial charge in [0.25, 0.3) is 0 Å². The maximum atomic E-state index is 14.0. The molecule has 0 aliphatic carbocycles. The number of hydrogen-bond donors (Lipinski definition) is 0. The minimum atomic E-state index is -0.288. The summed E-state index contributed by atoms with van der Waals surface area (Å²) in [6.07, 6.45) is 1.62. The average molecular weight is 356 g/mol. The normalized spacial score (nSPS) is 12.4. The van der Waals surface area contributed by atoms with Gasteiger partial charge in [0.2, 0.25) is 0 Å². The first kappa shape index (κ1) is 15.5. The fourth-order valence-corrected chi connectivity index (χ4v) is 3.02. The highest BCUT2D eigenvalue weighted by Crippen LogP contribution is 2.23. The largest absolute Gasteiger partial charge is 0.205 e. The minimum Gasteiger partial charge on any atom is -0.205 e. The van der Waals surface area contributed by atoms with E-state index in [1.807, 2.05) is 6.07 Å². The third kappa shape index (κ3) is 4.07. The van der Waals surface area contributed by atoms with Crippen LogP contribution in [0.25, 0.3) is 0 Å². The van der Waals surface area contributed by atoms with Gasteiger partial charge in [0.1, 0.15) is 5.82 Å². The van der Waals surface area contributed by atoms with Crippen molar-refractivity contribution in [1.29, 1.82) is 0 Å². The molecule has 0 heterocycles. The summed E-state index contributed by atoms with van der Waals surface area (Å²) in [6.45, 7) is 2.09. The van der Waals surface area contributed by atoms with Crippen LogP contribution in [0.2, 0.25) is 5.02 Å². The molecule has 0 nitrogen and oxygen atoms in total. The molecule has 2 aromatic carbocycles. The summed E-state index contributed by atoms with van der Waals surface area (Å²) in [5, 5.41) is 1.04. The van der Waals surface area contributed by atoms with E-state index in [-0.39, 0.29) is 10.8 Å². The van der Waals surface area contributed by atoms with E-state index in [0.717, 1.165) is 11.8 Å². The average Bonchev–Trinajstić information content (AvgIpc) is 2.43. The summed E-state index contributed by atoms with van der Waals surface area (Å²) >= 11 is 9.37. The lowest BCUT2D eigenvalue weighted by atomic mass is 9.93. The number of aryl methyl sites for hydroxylation is 1. The van der Waals surface area contributed by atoms with Crippen molar-refractivity contribution in [2.75, 3.05) is 5.33 Å². The van der Waals surface area contributed by atoms with Gasteiger partial charge in [-0.15, -0.1) is 0 Å². The molecule has 106 valence electrons. The summed E-state index contributed by atoms with van der Waals surface area (Å²) in [5.74, 6) is 0.0640. The van der Waals surface area contributed by atoms with Gasteiger partial charge in [-0.3, -0.25) is 0 Å². The van der Waals surface area contributed by atoms with Gasteiger partial charge in [-0.05, 0) is 42.9 Å². The summed E-state index contributed by atoms with van der Waals surface area (Å²) in [6, 6.07) is 13.7. The van der Waals surface area contributed by atoms with Crippen LogP contribution in [0, 0.1) is 18.7 Å². The van der Waals surface area contributed by atoms with E-state index in [2.05, 4.69) is 47.1 Å². The highest BCUT2D eigenvalue weighted by molar-refractivity contribution is 9.09. The Morgan fingerprint density at radius 3 is 2.60 bits per heavy atom. The van der Waals surface area contributed by atoms with Crippen LogP contribution in [0.3, 0.4) is 0 Å². The first-order valence-corrected chi connectivity index (χ1v) is 8.14. The first-order valence-electron chi connectivity index (χ1n) is 6.64. The molecule has 20 heavy (non-hydrogen) atoms. The second-order valence-corrected chi connectivity index (χ2v) is 6.19. The molecular weight excluding hydrogens is 339 g/mol. The number of alkyl halides is 1. The van der Waals surface area contributed by atoms with Crippen molar-refractivity contribution in [3.05, 3.63) is 70.0 Å². The van der Waals surface area contributed by atoms with Crippen molar-refractivity contribution >= 4 is 27.5 Å². The zero-order chi connectivity index (χ0) is 14.5. The highest BCUT2D eigenvalue weighted by atomic mass is 79.9. The van der Waals surface area contributed by atoms with E-state index in [4.69, 9.17) is 11.6 Å². The van der Waals surface area contributed by atoms with Crippen LogP contribution < -0.4 is 0 Å². The van der Waals surface area contributed by atoms with Gasteiger partial charge < -0.3 is 0 Å². The molecule has 0 fully saturated rings. The van der Waals surface area contributed by atoms with Crippen molar-refractivity contribution in [3.8, 4) is 0 Å². The summed E-state index contributed by atoms with van der Waals surface area (Å²) in [5.41, 5.74) is 3.23. The summed E-state index contributed by atoms with van der Waals surface area (Å²) < 4.78 is 14.0. The molecule has 0 spiro atoms. The molecule has 2 rings (SSSR count). The predicted octanol–water partition coefficient (Wildman–Crippen LogP) is 5.58. The van der Waals surface area contributed by atoms with E-state index in [1.165, 1.54) is 11.1 Å². The molecule has 1 unspecified atom stereocenters. The topological polar surface area (TPSA) is 0 Å². The number of rotatable bonds is 5. The van der Waals surface area contributed by atoms with E-state index >= 15 is 0 Å². The van der Waals surface area contributed by atoms with Gasteiger partial charge in [-0.1, -0.05) is 69.5 Å². The molecule has 0 saturated carbocycles. The molecule has 3 heteroatoms. The Hall–Kier alpha value is -0.860. The lowest BCUT2D eigenvalue weighted by molar-refractivity contribution is 0.550. The van der Waals surface area contributed by atoms with Gasteiger partial charge in [0.05, 0.1) is 5.02 Å². The van der Waals surface area contributed by atoms with Crippen molar-refractivity contribution in [1.82, 2.24) is 0 Å². The van der Waals surface area contributed by atoms with Crippen molar-refractivity contribution in [3.63, 3.8) is 0 Å². The molecule has 1 atom stereocenters. The van der Waals surface area contributed by atoms with Gasteiger partial charge >= 0.3 is 0 Å². The monoisotopic (exact) mass is 354 g/mol. The van der Waals surface area contributed by atoms with Crippen LogP contribution in [0.15, 0.2) is 42.5 Å². The van der Waals surface area contributed by atoms with Gasteiger partial charge in [-0.25, -0.2) is 4.39 Å². The number of halogens is 3. The smallest absolute Gasteiger partial charge is 0.144 e. The second-order valence-electron chi connectivity index (χ2n) is 5.13. The van der Waals surface area contributed by atoms with E-state index in [1.54, 1.807) is 12.1 Å². The fourth-order valence-electron chi connectivity index (χ4n) is 2.37. The maximum absolute atomic E-state index is 14.0. The SMILES string of the molecule is Cc1cccc(CC(CBr)Cc2cccc(Cl)c2F)c1. The Morgan fingerprint density at radius 2 is 1.90 bits per heavy atom. The van der Waals surface area contributed by atoms with Gasteiger partial charge in [0.15, 0.2) is 0 Å². The Morgan fingerprint density at radius 1 is 1.15 bits per heavy atom. The quantitative estimate of drug-likeness (QED) is 0.614. The van der Waals surface area contributed by atoms with Crippen LogP contribution in [-0.2, 0) is 12.8 Å². The van der Waals surface area contributed by atoms with Crippen LogP contribution in [0.5, 0.6) is 0 Å². The zero-order valence-electron chi connectivity index (χ0n) is 11.4. The van der Waals surface area contributed by atoms with Crippen molar-refractivity contribution < 1.29 is 4.39 Å². The lowest BCUT2D eigenvalue weighted by Crippen LogP contribution is -2.11. The molecular formula is C17H17BrClF.